The first kappa shape index (κ1) is 9.44. The fraction of sp³-hybridized carbons (Fsp3) is 0.857. The van der Waals surface area contributed by atoms with Crippen LogP contribution in [0.1, 0.15) is 12.8 Å². The van der Waals surface area contributed by atoms with Crippen molar-refractivity contribution in [2.24, 2.45) is 5.73 Å². The minimum Gasteiger partial charge on any atom is -0.479 e. The van der Waals surface area contributed by atoms with Gasteiger partial charge in [0.2, 0.25) is 0 Å². The van der Waals surface area contributed by atoms with Crippen LogP contribution in [0.5, 0.6) is 0 Å². The number of aliphatic carboxylic acids is 1. The lowest BCUT2D eigenvalue weighted by molar-refractivity contribution is -0.151. The Kier molecular flexibility index (Phi) is 2.66. The van der Waals surface area contributed by atoms with Gasteiger partial charge in [-0.25, -0.2) is 4.79 Å². The highest BCUT2D eigenvalue weighted by molar-refractivity contribution is 5.73. The number of nitrogens with one attached hydrogen (secondary N) is 1. The van der Waals surface area contributed by atoms with E-state index in [1.165, 1.54) is 0 Å². The van der Waals surface area contributed by atoms with Crippen LogP contribution in [0.15, 0.2) is 0 Å². The quantitative estimate of drug-likeness (QED) is 0.409. The molecule has 0 aliphatic carbocycles. The molecule has 1 atom stereocenters. The second-order valence-electron chi connectivity index (χ2n) is 3.22. The molecule has 1 heterocycles. The van der Waals surface area contributed by atoms with Crippen LogP contribution in [0.4, 0.5) is 0 Å². The Morgan fingerprint density at radius 2 is 2.00 bits per heavy atom. The summed E-state index contributed by atoms with van der Waals surface area (Å²) in [4.78, 5) is 10.5. The number of hydrogen-bond donors (Lipinski definition) is 4. The fourth-order valence-corrected chi connectivity index (χ4v) is 1.41. The number of rotatable bonds is 2. The average molecular weight is 174 g/mol. The van der Waals surface area contributed by atoms with Crippen LogP contribution in [0.25, 0.3) is 0 Å². The standard InChI is InChI=1S/C7H14N2O3/c8-7(5(10)6(11)12)1-3-9-4-2-7/h5,9-10H,1-4,8H2,(H,11,12). The molecule has 12 heavy (non-hydrogen) atoms. The third-order valence-electron chi connectivity index (χ3n) is 2.31. The van der Waals surface area contributed by atoms with Crippen molar-refractivity contribution in [1.29, 1.82) is 0 Å². The number of carboxylic acids is 1. The summed E-state index contributed by atoms with van der Waals surface area (Å²) >= 11 is 0. The number of aliphatic hydroxyl groups excluding tert-OH is 1. The van der Waals surface area contributed by atoms with E-state index in [0.717, 1.165) is 0 Å². The normalized spacial score (nSPS) is 24.8. The van der Waals surface area contributed by atoms with Crippen molar-refractivity contribution in [1.82, 2.24) is 5.32 Å². The lowest BCUT2D eigenvalue weighted by Crippen LogP contribution is -2.59. The van der Waals surface area contributed by atoms with Gasteiger partial charge in [-0.3, -0.25) is 0 Å². The maximum atomic E-state index is 10.5. The number of hydrogen-bond acceptors (Lipinski definition) is 4. The predicted molar refractivity (Wildman–Crippen MR) is 42.7 cm³/mol. The average Bonchev–Trinajstić information content (AvgIpc) is 2.04. The van der Waals surface area contributed by atoms with E-state index in [2.05, 4.69) is 5.32 Å². The molecule has 0 amide bonds. The van der Waals surface area contributed by atoms with Gasteiger partial charge in [-0.05, 0) is 25.9 Å². The fourth-order valence-electron chi connectivity index (χ4n) is 1.41. The highest BCUT2D eigenvalue weighted by atomic mass is 16.4. The van der Waals surface area contributed by atoms with Crippen molar-refractivity contribution in [2.45, 2.75) is 24.5 Å². The molecule has 5 N–H and O–H groups in total. The molecule has 0 spiro atoms. The predicted octanol–water partition coefficient (Wildman–Crippen LogP) is -1.49. The zero-order chi connectivity index (χ0) is 9.19. The Hall–Kier alpha value is -0.650. The summed E-state index contributed by atoms with van der Waals surface area (Å²) in [6, 6.07) is 0. The van der Waals surface area contributed by atoms with Crippen LogP contribution >= 0.6 is 0 Å². The van der Waals surface area contributed by atoms with E-state index >= 15 is 0 Å². The number of carbonyl (C=O) groups is 1. The van der Waals surface area contributed by atoms with E-state index in [1.54, 1.807) is 0 Å². The first-order chi connectivity index (χ1) is 5.56. The van der Waals surface area contributed by atoms with Crippen molar-refractivity contribution in [3.63, 3.8) is 0 Å². The van der Waals surface area contributed by atoms with Crippen molar-refractivity contribution in [3.8, 4) is 0 Å². The lowest BCUT2D eigenvalue weighted by atomic mass is 9.84. The van der Waals surface area contributed by atoms with Gasteiger partial charge in [-0.15, -0.1) is 0 Å². The van der Waals surface area contributed by atoms with Crippen LogP contribution < -0.4 is 11.1 Å². The molecule has 0 aromatic carbocycles. The number of aliphatic hydroxyl groups is 1. The van der Waals surface area contributed by atoms with Gasteiger partial charge < -0.3 is 21.3 Å². The molecule has 1 rings (SSSR count). The van der Waals surface area contributed by atoms with Gasteiger partial charge in [0.05, 0.1) is 5.54 Å². The number of carboxylic acid groups (broad SMARTS) is 1. The minimum absolute atomic E-state index is 0.500. The van der Waals surface area contributed by atoms with Crippen LogP contribution in [0.3, 0.4) is 0 Å². The summed E-state index contributed by atoms with van der Waals surface area (Å²) in [6.07, 6.45) is -0.444. The summed E-state index contributed by atoms with van der Waals surface area (Å²) in [6.45, 7) is 1.34. The smallest absolute Gasteiger partial charge is 0.334 e. The van der Waals surface area contributed by atoms with Crippen molar-refractivity contribution < 1.29 is 15.0 Å². The highest BCUT2D eigenvalue weighted by Gasteiger charge is 2.39. The maximum Gasteiger partial charge on any atom is 0.334 e. The highest BCUT2D eigenvalue weighted by Crippen LogP contribution is 2.19. The van der Waals surface area contributed by atoms with Gasteiger partial charge in [0, 0.05) is 0 Å². The van der Waals surface area contributed by atoms with E-state index in [1.807, 2.05) is 0 Å². The molecule has 1 aliphatic heterocycles. The van der Waals surface area contributed by atoms with E-state index < -0.39 is 17.6 Å². The minimum atomic E-state index is -1.44. The second kappa shape index (κ2) is 3.38. The molecule has 0 radical (unpaired) electrons. The largest absolute Gasteiger partial charge is 0.479 e. The van der Waals surface area contributed by atoms with Crippen molar-refractivity contribution in [3.05, 3.63) is 0 Å². The first-order valence-corrected chi connectivity index (χ1v) is 3.97. The van der Waals surface area contributed by atoms with Crippen LogP contribution in [0.2, 0.25) is 0 Å². The number of nitrogens with two attached hydrogens (primary N) is 1. The van der Waals surface area contributed by atoms with E-state index in [0.29, 0.717) is 25.9 Å². The van der Waals surface area contributed by atoms with E-state index in [4.69, 9.17) is 10.8 Å². The molecule has 5 heteroatoms. The van der Waals surface area contributed by atoms with Gasteiger partial charge in [-0.2, -0.15) is 0 Å². The SMILES string of the molecule is NC1(C(O)C(=O)O)CCNCC1. The van der Waals surface area contributed by atoms with Gasteiger partial charge in [-0.1, -0.05) is 0 Å². The summed E-state index contributed by atoms with van der Waals surface area (Å²) in [5.74, 6) is -1.24. The lowest BCUT2D eigenvalue weighted by Gasteiger charge is -2.35. The summed E-state index contributed by atoms with van der Waals surface area (Å²) in [5, 5.41) is 20.9. The van der Waals surface area contributed by atoms with Crippen molar-refractivity contribution in [2.75, 3.05) is 13.1 Å². The van der Waals surface area contributed by atoms with Crippen LogP contribution in [0, 0.1) is 0 Å². The summed E-state index contributed by atoms with van der Waals surface area (Å²) in [7, 11) is 0. The molecular formula is C7H14N2O3. The summed E-state index contributed by atoms with van der Waals surface area (Å²) in [5.41, 5.74) is 4.79. The molecule has 0 saturated carbocycles. The molecule has 1 fully saturated rings. The molecule has 1 unspecified atom stereocenters. The Labute approximate surface area is 70.6 Å². The molecule has 0 aromatic heterocycles. The second-order valence-corrected chi connectivity index (χ2v) is 3.22. The van der Waals surface area contributed by atoms with Crippen LogP contribution in [-0.4, -0.2) is 40.9 Å². The Bertz CT molecular complexity index is 177. The van der Waals surface area contributed by atoms with Gasteiger partial charge in [0.1, 0.15) is 0 Å². The first-order valence-electron chi connectivity index (χ1n) is 3.97. The van der Waals surface area contributed by atoms with E-state index in [9.17, 15) is 9.90 Å². The maximum absolute atomic E-state index is 10.5. The molecular weight excluding hydrogens is 160 g/mol. The molecule has 0 aromatic rings. The third kappa shape index (κ3) is 1.74. The van der Waals surface area contributed by atoms with Crippen LogP contribution in [-0.2, 0) is 4.79 Å². The molecule has 70 valence electrons. The Morgan fingerprint density at radius 1 is 1.50 bits per heavy atom. The third-order valence-corrected chi connectivity index (χ3v) is 2.31. The Morgan fingerprint density at radius 3 is 2.42 bits per heavy atom. The van der Waals surface area contributed by atoms with Gasteiger partial charge in [0.15, 0.2) is 6.10 Å². The van der Waals surface area contributed by atoms with E-state index in [-0.39, 0.29) is 0 Å². The summed E-state index contributed by atoms with van der Waals surface area (Å²) < 4.78 is 0. The van der Waals surface area contributed by atoms with Crippen molar-refractivity contribution >= 4 is 5.97 Å². The monoisotopic (exact) mass is 174 g/mol. The topological polar surface area (TPSA) is 95.6 Å². The Balaban J connectivity index is 2.62. The zero-order valence-corrected chi connectivity index (χ0v) is 6.79. The molecule has 1 saturated heterocycles. The molecule has 5 nitrogen and oxygen atoms in total. The zero-order valence-electron chi connectivity index (χ0n) is 6.79. The van der Waals surface area contributed by atoms with Gasteiger partial charge >= 0.3 is 5.97 Å². The number of piperidine rings is 1. The van der Waals surface area contributed by atoms with Gasteiger partial charge in [0.25, 0.3) is 0 Å². The molecule has 0 bridgehead atoms. The molecule has 1 aliphatic rings.